The average Bonchev–Trinajstić information content (AvgIpc) is 2.61. The fourth-order valence-corrected chi connectivity index (χ4v) is 3.45. The predicted molar refractivity (Wildman–Crippen MR) is 62.8 cm³/mol. The third kappa shape index (κ3) is 2.07. The van der Waals surface area contributed by atoms with E-state index in [1.165, 1.54) is 32.1 Å². The highest BCUT2D eigenvalue weighted by Crippen LogP contribution is 2.41. The largest absolute Gasteiger partial charge is 0.388 e. The van der Waals surface area contributed by atoms with Crippen molar-refractivity contribution in [2.24, 2.45) is 11.8 Å². The van der Waals surface area contributed by atoms with Crippen LogP contribution in [-0.2, 0) is 0 Å². The summed E-state index contributed by atoms with van der Waals surface area (Å²) in [6.07, 6.45) is 7.14. The van der Waals surface area contributed by atoms with Gasteiger partial charge in [0.05, 0.1) is 5.60 Å². The molecule has 1 heterocycles. The first-order valence-corrected chi connectivity index (χ1v) is 6.62. The average molecular weight is 211 g/mol. The van der Waals surface area contributed by atoms with Crippen molar-refractivity contribution in [2.75, 3.05) is 6.54 Å². The summed E-state index contributed by atoms with van der Waals surface area (Å²) in [5, 5.41) is 14.3. The topological polar surface area (TPSA) is 32.3 Å². The maximum atomic E-state index is 10.7. The Bertz CT molecular complexity index is 219. The Morgan fingerprint density at radius 3 is 2.80 bits per heavy atom. The molecule has 0 aromatic carbocycles. The van der Waals surface area contributed by atoms with Crippen molar-refractivity contribution in [1.29, 1.82) is 0 Å². The Labute approximate surface area is 93.5 Å². The van der Waals surface area contributed by atoms with Crippen LogP contribution in [0.3, 0.4) is 0 Å². The van der Waals surface area contributed by atoms with Gasteiger partial charge in [0, 0.05) is 6.04 Å². The van der Waals surface area contributed by atoms with E-state index in [0.717, 1.165) is 18.9 Å². The molecule has 4 atom stereocenters. The second-order valence-corrected chi connectivity index (χ2v) is 5.59. The molecule has 1 aliphatic heterocycles. The molecular formula is C13H25NO. The van der Waals surface area contributed by atoms with Gasteiger partial charge in [0.1, 0.15) is 0 Å². The van der Waals surface area contributed by atoms with Crippen LogP contribution in [0.4, 0.5) is 0 Å². The highest BCUT2D eigenvalue weighted by Gasteiger charge is 2.45. The Morgan fingerprint density at radius 1 is 1.40 bits per heavy atom. The van der Waals surface area contributed by atoms with Crippen LogP contribution < -0.4 is 5.32 Å². The molecule has 0 amide bonds. The number of aliphatic hydroxyl groups is 1. The molecule has 1 saturated carbocycles. The minimum absolute atomic E-state index is 0.355. The van der Waals surface area contributed by atoms with Crippen LogP contribution in [0.15, 0.2) is 0 Å². The van der Waals surface area contributed by atoms with E-state index >= 15 is 0 Å². The van der Waals surface area contributed by atoms with Crippen LogP contribution in [0.1, 0.15) is 52.4 Å². The molecule has 2 N–H and O–H groups in total. The lowest BCUT2D eigenvalue weighted by atomic mass is 9.77. The van der Waals surface area contributed by atoms with Crippen molar-refractivity contribution in [3.05, 3.63) is 0 Å². The summed E-state index contributed by atoms with van der Waals surface area (Å²) in [7, 11) is 0. The highest BCUT2D eigenvalue weighted by molar-refractivity contribution is 5.01. The molecule has 0 aromatic heterocycles. The first-order valence-electron chi connectivity index (χ1n) is 6.62. The molecule has 4 unspecified atom stereocenters. The minimum atomic E-state index is -0.409. The SMILES string of the molecule is CCC1CCNC(C2(O)CCCC2C)C1. The molecule has 2 aliphatic rings. The van der Waals surface area contributed by atoms with Gasteiger partial charge >= 0.3 is 0 Å². The molecule has 0 radical (unpaired) electrons. The van der Waals surface area contributed by atoms with Gasteiger partial charge in [0.2, 0.25) is 0 Å². The first-order chi connectivity index (χ1) is 7.16. The molecule has 2 heteroatoms. The quantitative estimate of drug-likeness (QED) is 0.734. The lowest BCUT2D eigenvalue weighted by Crippen LogP contribution is -2.55. The molecule has 1 aliphatic carbocycles. The Kier molecular flexibility index (Phi) is 3.36. The van der Waals surface area contributed by atoms with Crippen LogP contribution in [-0.4, -0.2) is 23.3 Å². The van der Waals surface area contributed by atoms with Crippen molar-refractivity contribution in [3.8, 4) is 0 Å². The van der Waals surface area contributed by atoms with Gasteiger partial charge < -0.3 is 10.4 Å². The van der Waals surface area contributed by atoms with Gasteiger partial charge in [-0.25, -0.2) is 0 Å². The van der Waals surface area contributed by atoms with E-state index < -0.39 is 5.60 Å². The van der Waals surface area contributed by atoms with Crippen molar-refractivity contribution in [2.45, 2.75) is 64.0 Å². The monoisotopic (exact) mass is 211 g/mol. The summed E-state index contributed by atoms with van der Waals surface area (Å²) in [5.74, 6) is 1.30. The maximum absolute atomic E-state index is 10.7. The summed E-state index contributed by atoms with van der Waals surface area (Å²) in [6.45, 7) is 5.58. The third-order valence-corrected chi connectivity index (χ3v) is 4.76. The van der Waals surface area contributed by atoms with E-state index in [4.69, 9.17) is 0 Å². The smallest absolute Gasteiger partial charge is 0.0825 e. The van der Waals surface area contributed by atoms with Gasteiger partial charge in [-0.1, -0.05) is 26.7 Å². The van der Waals surface area contributed by atoms with Gasteiger partial charge in [-0.05, 0) is 44.1 Å². The minimum Gasteiger partial charge on any atom is -0.388 e. The van der Waals surface area contributed by atoms with Crippen molar-refractivity contribution in [3.63, 3.8) is 0 Å². The lowest BCUT2D eigenvalue weighted by molar-refractivity contribution is -0.0408. The zero-order valence-electron chi connectivity index (χ0n) is 10.1. The van der Waals surface area contributed by atoms with Crippen LogP contribution in [0.5, 0.6) is 0 Å². The Morgan fingerprint density at radius 2 is 2.20 bits per heavy atom. The summed E-state index contributed by atoms with van der Waals surface area (Å²) < 4.78 is 0. The molecule has 0 spiro atoms. The molecule has 1 saturated heterocycles. The summed E-state index contributed by atoms with van der Waals surface area (Å²) in [5.41, 5.74) is -0.409. The van der Waals surface area contributed by atoms with Crippen LogP contribution in [0.25, 0.3) is 0 Å². The second kappa shape index (κ2) is 4.42. The van der Waals surface area contributed by atoms with Crippen molar-refractivity contribution in [1.82, 2.24) is 5.32 Å². The summed E-state index contributed by atoms with van der Waals surface area (Å²) >= 11 is 0. The molecule has 2 fully saturated rings. The Hall–Kier alpha value is -0.0800. The van der Waals surface area contributed by atoms with E-state index in [2.05, 4.69) is 19.2 Å². The van der Waals surface area contributed by atoms with Crippen molar-refractivity contribution >= 4 is 0 Å². The first kappa shape index (κ1) is 11.4. The zero-order chi connectivity index (χ0) is 10.9. The molecule has 88 valence electrons. The zero-order valence-corrected chi connectivity index (χ0v) is 10.1. The normalized spacial score (nSPS) is 47.0. The van der Waals surface area contributed by atoms with Gasteiger partial charge in [0.25, 0.3) is 0 Å². The maximum Gasteiger partial charge on any atom is 0.0825 e. The summed E-state index contributed by atoms with van der Waals surface area (Å²) in [6, 6.07) is 0.355. The Balaban J connectivity index is 2.02. The molecule has 0 aromatic rings. The third-order valence-electron chi connectivity index (χ3n) is 4.76. The summed E-state index contributed by atoms with van der Waals surface area (Å²) in [4.78, 5) is 0. The predicted octanol–water partition coefficient (Wildman–Crippen LogP) is 2.32. The second-order valence-electron chi connectivity index (χ2n) is 5.59. The van der Waals surface area contributed by atoms with Crippen LogP contribution in [0.2, 0.25) is 0 Å². The van der Waals surface area contributed by atoms with E-state index in [0.29, 0.717) is 12.0 Å². The van der Waals surface area contributed by atoms with Gasteiger partial charge in [-0.15, -0.1) is 0 Å². The van der Waals surface area contributed by atoms with Crippen molar-refractivity contribution < 1.29 is 5.11 Å². The van der Waals surface area contributed by atoms with Gasteiger partial charge in [-0.2, -0.15) is 0 Å². The van der Waals surface area contributed by atoms with E-state index in [-0.39, 0.29) is 0 Å². The number of hydrogen-bond acceptors (Lipinski definition) is 2. The van der Waals surface area contributed by atoms with Crippen LogP contribution >= 0.6 is 0 Å². The molecule has 15 heavy (non-hydrogen) atoms. The number of nitrogens with one attached hydrogen (secondary N) is 1. The van der Waals surface area contributed by atoms with Crippen LogP contribution in [0, 0.1) is 11.8 Å². The van der Waals surface area contributed by atoms with E-state index in [1.807, 2.05) is 0 Å². The fourth-order valence-electron chi connectivity index (χ4n) is 3.45. The van der Waals surface area contributed by atoms with E-state index in [1.54, 1.807) is 0 Å². The lowest BCUT2D eigenvalue weighted by Gasteiger charge is -2.42. The molecular weight excluding hydrogens is 186 g/mol. The number of hydrogen-bond donors (Lipinski definition) is 2. The fraction of sp³-hybridized carbons (Fsp3) is 1.00. The van der Waals surface area contributed by atoms with Gasteiger partial charge in [-0.3, -0.25) is 0 Å². The van der Waals surface area contributed by atoms with E-state index in [9.17, 15) is 5.11 Å². The number of rotatable bonds is 2. The molecule has 0 bridgehead atoms. The van der Waals surface area contributed by atoms with Gasteiger partial charge in [0.15, 0.2) is 0 Å². The number of piperidine rings is 1. The highest BCUT2D eigenvalue weighted by atomic mass is 16.3. The molecule has 2 nitrogen and oxygen atoms in total. The molecule has 2 rings (SSSR count). The standard InChI is InChI=1S/C13H25NO/c1-3-11-6-8-14-12(9-11)13(15)7-4-5-10(13)2/h10-12,14-15H,3-9H2,1-2H3.